The number of nitrogens with one attached hydrogen (secondary N) is 1. The van der Waals surface area contributed by atoms with Gasteiger partial charge >= 0.3 is 5.97 Å². The van der Waals surface area contributed by atoms with Gasteiger partial charge in [-0.1, -0.05) is 6.07 Å². The van der Waals surface area contributed by atoms with Crippen LogP contribution in [0, 0.1) is 11.3 Å². The van der Waals surface area contributed by atoms with E-state index in [0.29, 0.717) is 35.0 Å². The quantitative estimate of drug-likeness (QED) is 0.544. The van der Waals surface area contributed by atoms with Gasteiger partial charge in [-0.25, -0.2) is 9.78 Å². The fraction of sp³-hybridized carbons (Fsp3) is 0.429. The molecule has 9 nitrogen and oxygen atoms in total. The lowest BCUT2D eigenvalue weighted by molar-refractivity contribution is 0.0696. The highest BCUT2D eigenvalue weighted by molar-refractivity contribution is 5.88. The van der Waals surface area contributed by atoms with Gasteiger partial charge < -0.3 is 20.9 Å². The van der Waals surface area contributed by atoms with Crippen molar-refractivity contribution in [2.24, 2.45) is 11.3 Å². The van der Waals surface area contributed by atoms with E-state index in [1.807, 2.05) is 0 Å². The van der Waals surface area contributed by atoms with Crippen molar-refractivity contribution in [3.8, 4) is 5.75 Å². The molecule has 2 saturated carbocycles. The van der Waals surface area contributed by atoms with Gasteiger partial charge in [0.05, 0.1) is 25.4 Å². The highest BCUT2D eigenvalue weighted by Crippen LogP contribution is 2.63. The Kier molecular flexibility index (Phi) is 4.27. The number of benzene rings is 1. The molecule has 0 amide bonds. The van der Waals surface area contributed by atoms with Crippen molar-refractivity contribution in [1.82, 2.24) is 19.7 Å². The average molecular weight is 408 g/mol. The summed E-state index contributed by atoms with van der Waals surface area (Å²) in [5.41, 5.74) is 8.99. The van der Waals surface area contributed by atoms with E-state index in [0.717, 1.165) is 17.6 Å². The van der Waals surface area contributed by atoms with Gasteiger partial charge in [0.1, 0.15) is 16.8 Å². The molecular weight excluding hydrogens is 384 g/mol. The van der Waals surface area contributed by atoms with Crippen molar-refractivity contribution < 1.29 is 14.6 Å². The van der Waals surface area contributed by atoms with Gasteiger partial charge in [0.2, 0.25) is 5.95 Å². The summed E-state index contributed by atoms with van der Waals surface area (Å²) < 4.78 is 7.19. The maximum atomic E-state index is 11.2. The van der Waals surface area contributed by atoms with E-state index >= 15 is 0 Å². The minimum Gasteiger partial charge on any atom is -0.496 e. The number of aromatic carboxylic acids is 1. The number of nitrogens with zero attached hydrogens (tertiary/aromatic N) is 4. The summed E-state index contributed by atoms with van der Waals surface area (Å²) in [6.45, 7) is 1.25. The number of rotatable bonds is 7. The number of carbonyl (C=O) groups is 1. The topological polar surface area (TPSA) is 128 Å². The Morgan fingerprint density at radius 1 is 1.37 bits per heavy atom. The molecule has 2 fully saturated rings. The van der Waals surface area contributed by atoms with Gasteiger partial charge in [-0.2, -0.15) is 10.1 Å². The van der Waals surface area contributed by atoms with E-state index in [4.69, 9.17) is 10.5 Å². The number of nitrogens with two attached hydrogens (primary N) is 1. The second kappa shape index (κ2) is 6.86. The molecule has 0 aliphatic heterocycles. The van der Waals surface area contributed by atoms with E-state index in [2.05, 4.69) is 20.4 Å². The number of carboxylic acids is 1. The predicted molar refractivity (Wildman–Crippen MR) is 112 cm³/mol. The first kappa shape index (κ1) is 18.7. The molecule has 1 spiro atoms. The SMILES string of the molecule is COc1cc(C(=O)O)ccc1Cn1ncc2nc(N)nc(NCC3CC4(CC4)C3)c21. The molecule has 30 heavy (non-hydrogen) atoms. The normalized spacial score (nSPS) is 17.1. The van der Waals surface area contributed by atoms with E-state index in [9.17, 15) is 9.90 Å². The van der Waals surface area contributed by atoms with Gasteiger partial charge in [0.15, 0.2) is 5.82 Å². The highest BCUT2D eigenvalue weighted by Gasteiger charge is 2.52. The Hall–Kier alpha value is -3.36. The van der Waals surface area contributed by atoms with Crippen LogP contribution >= 0.6 is 0 Å². The Morgan fingerprint density at radius 2 is 2.17 bits per heavy atom. The fourth-order valence-corrected chi connectivity index (χ4v) is 4.56. The van der Waals surface area contributed by atoms with Crippen LogP contribution in [0.2, 0.25) is 0 Å². The number of anilines is 2. The summed E-state index contributed by atoms with van der Waals surface area (Å²) in [5, 5.41) is 17.1. The zero-order chi connectivity index (χ0) is 20.9. The van der Waals surface area contributed by atoms with Crippen LogP contribution in [0.5, 0.6) is 5.75 Å². The van der Waals surface area contributed by atoms with Crippen LogP contribution in [-0.4, -0.2) is 44.5 Å². The maximum absolute atomic E-state index is 11.2. The van der Waals surface area contributed by atoms with E-state index in [1.54, 1.807) is 23.0 Å². The zero-order valence-corrected chi connectivity index (χ0v) is 16.8. The average Bonchev–Trinajstić information content (AvgIpc) is 3.40. The molecule has 4 N–H and O–H groups in total. The standard InChI is InChI=1S/C21H24N6O3/c1-30-16-6-13(19(28)29)2-3-14(16)11-27-17-15(10-24-27)25-20(22)26-18(17)23-9-12-7-21(8-12)4-5-21/h2-3,6,10,12H,4-5,7-9,11H2,1H3,(H,28,29)(H3,22,23,25,26). The second-order valence-corrected chi connectivity index (χ2v) is 8.45. The minimum absolute atomic E-state index is 0.174. The van der Waals surface area contributed by atoms with Gasteiger partial charge in [-0.15, -0.1) is 0 Å². The summed E-state index contributed by atoms with van der Waals surface area (Å²) >= 11 is 0. The molecule has 3 aromatic rings. The number of methoxy groups -OCH3 is 1. The van der Waals surface area contributed by atoms with Crippen molar-refractivity contribution in [3.05, 3.63) is 35.5 Å². The van der Waals surface area contributed by atoms with Gasteiger partial charge in [0.25, 0.3) is 0 Å². The van der Waals surface area contributed by atoms with Crippen molar-refractivity contribution >= 4 is 28.8 Å². The summed E-state index contributed by atoms with van der Waals surface area (Å²) in [6, 6.07) is 4.82. The summed E-state index contributed by atoms with van der Waals surface area (Å²) in [7, 11) is 1.52. The second-order valence-electron chi connectivity index (χ2n) is 8.45. The first-order valence-electron chi connectivity index (χ1n) is 10.1. The van der Waals surface area contributed by atoms with E-state index in [-0.39, 0.29) is 11.5 Å². The summed E-state index contributed by atoms with van der Waals surface area (Å²) in [6.07, 6.45) is 7.00. The Bertz CT molecular complexity index is 1130. The molecule has 0 radical (unpaired) electrons. The number of ether oxygens (including phenoxy) is 1. The van der Waals surface area contributed by atoms with Crippen LogP contribution < -0.4 is 15.8 Å². The zero-order valence-electron chi connectivity index (χ0n) is 16.8. The molecule has 2 aliphatic carbocycles. The largest absolute Gasteiger partial charge is 0.496 e. The molecule has 156 valence electrons. The number of carboxylic acid groups (broad SMARTS) is 1. The third-order valence-electron chi connectivity index (χ3n) is 6.32. The molecule has 2 aromatic heterocycles. The fourth-order valence-electron chi connectivity index (χ4n) is 4.56. The monoisotopic (exact) mass is 408 g/mol. The van der Waals surface area contributed by atoms with Crippen LogP contribution in [0.25, 0.3) is 11.0 Å². The van der Waals surface area contributed by atoms with Crippen LogP contribution in [0.4, 0.5) is 11.8 Å². The Labute approximate surface area is 173 Å². The highest BCUT2D eigenvalue weighted by atomic mass is 16.5. The van der Waals surface area contributed by atoms with E-state index in [1.165, 1.54) is 38.9 Å². The molecule has 2 aliphatic rings. The summed E-state index contributed by atoms with van der Waals surface area (Å²) in [4.78, 5) is 20.0. The van der Waals surface area contributed by atoms with Crippen LogP contribution in [0.1, 0.15) is 41.6 Å². The van der Waals surface area contributed by atoms with Crippen LogP contribution in [0.3, 0.4) is 0 Å². The number of hydrogen-bond donors (Lipinski definition) is 3. The third-order valence-corrected chi connectivity index (χ3v) is 6.32. The lowest BCUT2D eigenvalue weighted by Crippen LogP contribution is -2.31. The number of hydrogen-bond acceptors (Lipinski definition) is 7. The molecule has 5 rings (SSSR count). The predicted octanol–water partition coefficient (Wildman–Crippen LogP) is 2.77. The summed E-state index contributed by atoms with van der Waals surface area (Å²) in [5.74, 6) is 1.05. The van der Waals surface area contributed by atoms with Gasteiger partial charge in [-0.3, -0.25) is 4.68 Å². The van der Waals surface area contributed by atoms with Crippen molar-refractivity contribution in [2.45, 2.75) is 32.2 Å². The molecule has 2 heterocycles. The first-order chi connectivity index (χ1) is 14.5. The molecule has 9 heteroatoms. The molecule has 1 aromatic carbocycles. The molecule has 0 unspecified atom stereocenters. The molecule has 0 saturated heterocycles. The number of nitrogen functional groups attached to an aromatic ring is 1. The van der Waals surface area contributed by atoms with Crippen molar-refractivity contribution in [2.75, 3.05) is 24.7 Å². The maximum Gasteiger partial charge on any atom is 0.335 e. The number of fused-ring (bicyclic) bond motifs is 1. The van der Waals surface area contributed by atoms with Crippen molar-refractivity contribution in [1.29, 1.82) is 0 Å². The van der Waals surface area contributed by atoms with Gasteiger partial charge in [-0.05, 0) is 49.1 Å². The minimum atomic E-state index is -0.997. The molecule has 0 atom stereocenters. The molecule has 0 bridgehead atoms. The number of aromatic nitrogens is 4. The van der Waals surface area contributed by atoms with E-state index < -0.39 is 5.97 Å². The van der Waals surface area contributed by atoms with Crippen molar-refractivity contribution in [3.63, 3.8) is 0 Å². The molecular formula is C21H24N6O3. The Morgan fingerprint density at radius 3 is 2.87 bits per heavy atom. The lowest BCUT2D eigenvalue weighted by Gasteiger charge is -2.36. The smallest absolute Gasteiger partial charge is 0.335 e. The lowest BCUT2D eigenvalue weighted by atomic mass is 9.72. The van der Waals surface area contributed by atoms with Gasteiger partial charge in [0, 0.05) is 12.1 Å². The van der Waals surface area contributed by atoms with Crippen LogP contribution in [0.15, 0.2) is 24.4 Å². The Balaban J connectivity index is 1.42. The first-order valence-corrected chi connectivity index (χ1v) is 10.1. The third kappa shape index (κ3) is 3.30. The van der Waals surface area contributed by atoms with Crippen LogP contribution in [-0.2, 0) is 6.54 Å².